The summed E-state index contributed by atoms with van der Waals surface area (Å²) in [7, 11) is 1.56. The van der Waals surface area contributed by atoms with Crippen LogP contribution in [0.15, 0.2) is 104 Å². The Balaban J connectivity index is 1.35. The fraction of sp³-hybridized carbons (Fsp3) is 0.237. The highest BCUT2D eigenvalue weighted by Crippen LogP contribution is 2.36. The summed E-state index contributed by atoms with van der Waals surface area (Å²) in [6, 6.07) is 24.9. The van der Waals surface area contributed by atoms with Crippen molar-refractivity contribution < 1.29 is 23.7 Å². The number of allylic oxidation sites excluding steroid dienone is 1. The Kier molecular flexibility index (Phi) is 9.84. The number of nitrogens with zero attached hydrogens (tertiary/aromatic N) is 2. The first kappa shape index (κ1) is 33.2. The first-order chi connectivity index (χ1) is 23.2. The average molecular weight is 728 g/mol. The molecule has 1 aromatic heterocycles. The first-order valence-electron chi connectivity index (χ1n) is 15.6. The molecule has 246 valence electrons. The molecular weight excluding hydrogens is 692 g/mol. The van der Waals surface area contributed by atoms with Gasteiger partial charge in [-0.15, -0.1) is 0 Å². The van der Waals surface area contributed by atoms with Crippen LogP contribution in [0.1, 0.15) is 50.4 Å². The SMILES string of the molecule is CCOC(=O)C1=C(C)N=c2s/c(=C\c3ccc(OCc4ccc5ccccc5c4)c(Br)c3)c(=O)n2[C@H]1c1ccc(OC(C)C)c(OC)c1. The van der Waals surface area contributed by atoms with Crippen LogP contribution < -0.4 is 29.1 Å². The summed E-state index contributed by atoms with van der Waals surface area (Å²) in [4.78, 5) is 32.6. The first-order valence-corrected chi connectivity index (χ1v) is 17.2. The van der Waals surface area contributed by atoms with Gasteiger partial charge in [-0.3, -0.25) is 9.36 Å². The summed E-state index contributed by atoms with van der Waals surface area (Å²) >= 11 is 4.91. The molecule has 0 N–H and O–H groups in total. The molecule has 0 radical (unpaired) electrons. The smallest absolute Gasteiger partial charge is 0.338 e. The zero-order chi connectivity index (χ0) is 33.9. The number of carbonyl (C=O) groups excluding carboxylic acids is 1. The molecule has 1 aliphatic heterocycles. The van der Waals surface area contributed by atoms with Crippen molar-refractivity contribution >= 4 is 50.1 Å². The van der Waals surface area contributed by atoms with Crippen molar-refractivity contribution in [1.29, 1.82) is 0 Å². The maximum absolute atomic E-state index is 14.1. The Morgan fingerprint density at radius 3 is 2.50 bits per heavy atom. The van der Waals surface area contributed by atoms with Gasteiger partial charge < -0.3 is 18.9 Å². The molecule has 48 heavy (non-hydrogen) atoms. The van der Waals surface area contributed by atoms with Crippen molar-refractivity contribution in [3.05, 3.63) is 131 Å². The lowest BCUT2D eigenvalue weighted by atomic mass is 9.95. The highest BCUT2D eigenvalue weighted by Gasteiger charge is 2.34. The van der Waals surface area contributed by atoms with Gasteiger partial charge in [0.05, 0.1) is 46.1 Å². The van der Waals surface area contributed by atoms with Crippen LogP contribution in [0.25, 0.3) is 16.8 Å². The van der Waals surface area contributed by atoms with Gasteiger partial charge in [-0.25, -0.2) is 9.79 Å². The van der Waals surface area contributed by atoms with Crippen molar-refractivity contribution in [3.8, 4) is 17.2 Å². The Morgan fingerprint density at radius 2 is 1.77 bits per heavy atom. The van der Waals surface area contributed by atoms with Gasteiger partial charge in [0.1, 0.15) is 12.4 Å². The lowest BCUT2D eigenvalue weighted by Gasteiger charge is -2.25. The third-order valence-corrected chi connectivity index (χ3v) is 9.45. The number of carbonyl (C=O) groups is 1. The fourth-order valence-electron chi connectivity index (χ4n) is 5.68. The summed E-state index contributed by atoms with van der Waals surface area (Å²) in [5, 5.41) is 2.35. The molecular formula is C38H35BrN2O6S. The molecule has 0 unspecified atom stereocenters. The Labute approximate surface area is 290 Å². The monoisotopic (exact) mass is 726 g/mol. The van der Waals surface area contributed by atoms with Crippen LogP contribution in [0.5, 0.6) is 17.2 Å². The van der Waals surface area contributed by atoms with E-state index in [9.17, 15) is 9.59 Å². The normalized spacial score (nSPS) is 14.6. The molecule has 0 aliphatic carbocycles. The zero-order valence-electron chi connectivity index (χ0n) is 27.3. The minimum Gasteiger partial charge on any atom is -0.493 e. The number of methoxy groups -OCH3 is 1. The predicted molar refractivity (Wildman–Crippen MR) is 192 cm³/mol. The third kappa shape index (κ3) is 6.81. The standard InChI is InChI=1S/C38H35BrN2O6S/c1-6-45-37(43)34-23(4)40-38-41(35(34)28-14-16-31(47-22(2)3)32(20-28)44-5)36(42)33(48-38)19-24-12-15-30(29(39)18-24)46-21-25-11-13-26-9-7-8-10-27(26)17-25/h7-20,22,35H,6,21H2,1-5H3/b33-19-/t35-/m0/s1. The maximum atomic E-state index is 14.1. The van der Waals surface area contributed by atoms with Crippen molar-refractivity contribution in [2.24, 2.45) is 4.99 Å². The van der Waals surface area contributed by atoms with E-state index < -0.39 is 12.0 Å². The van der Waals surface area contributed by atoms with E-state index in [0.29, 0.717) is 50.0 Å². The lowest BCUT2D eigenvalue weighted by molar-refractivity contribution is -0.139. The molecule has 1 aliphatic rings. The topological polar surface area (TPSA) is 88.4 Å². The number of ether oxygens (including phenoxy) is 4. The summed E-state index contributed by atoms with van der Waals surface area (Å²) in [6.45, 7) is 7.98. The van der Waals surface area contributed by atoms with E-state index in [1.54, 1.807) is 37.7 Å². The van der Waals surface area contributed by atoms with Gasteiger partial charge in [0.25, 0.3) is 5.56 Å². The molecule has 0 spiro atoms. The molecule has 5 aromatic rings. The van der Waals surface area contributed by atoms with Crippen molar-refractivity contribution in [2.45, 2.75) is 46.4 Å². The Hall–Kier alpha value is -4.67. The van der Waals surface area contributed by atoms with Crippen molar-refractivity contribution in [3.63, 3.8) is 0 Å². The molecule has 4 aromatic carbocycles. The number of thiazole rings is 1. The van der Waals surface area contributed by atoms with E-state index >= 15 is 0 Å². The zero-order valence-corrected chi connectivity index (χ0v) is 29.7. The van der Waals surface area contributed by atoms with Crippen LogP contribution in [0.2, 0.25) is 0 Å². The number of halogens is 1. The number of rotatable bonds is 10. The average Bonchev–Trinajstić information content (AvgIpc) is 3.37. The van der Waals surface area contributed by atoms with E-state index in [4.69, 9.17) is 18.9 Å². The second-order valence-electron chi connectivity index (χ2n) is 11.5. The fourth-order valence-corrected chi connectivity index (χ4v) is 7.23. The van der Waals surface area contributed by atoms with Crippen molar-refractivity contribution in [1.82, 2.24) is 4.57 Å². The molecule has 2 heterocycles. The molecule has 0 saturated heterocycles. The van der Waals surface area contributed by atoms with Crippen LogP contribution in [0.3, 0.4) is 0 Å². The predicted octanol–water partition coefficient (Wildman–Crippen LogP) is 7.09. The van der Waals surface area contributed by atoms with Gasteiger partial charge >= 0.3 is 5.97 Å². The van der Waals surface area contributed by atoms with Gasteiger partial charge in [0.15, 0.2) is 16.3 Å². The van der Waals surface area contributed by atoms with Gasteiger partial charge in [-0.1, -0.05) is 59.9 Å². The quantitative estimate of drug-likeness (QED) is 0.143. The number of hydrogen-bond donors (Lipinski definition) is 0. The van der Waals surface area contributed by atoms with E-state index in [2.05, 4.69) is 51.3 Å². The van der Waals surface area contributed by atoms with Gasteiger partial charge in [0.2, 0.25) is 0 Å². The molecule has 0 amide bonds. The molecule has 0 fully saturated rings. The number of fused-ring (bicyclic) bond motifs is 2. The molecule has 8 nitrogen and oxygen atoms in total. The summed E-state index contributed by atoms with van der Waals surface area (Å²) in [5.41, 5.74) is 3.06. The number of benzene rings is 4. The van der Waals surface area contributed by atoms with Crippen LogP contribution in [-0.2, 0) is 16.1 Å². The molecule has 1 atom stereocenters. The van der Waals surface area contributed by atoms with Gasteiger partial charge in [-0.2, -0.15) is 0 Å². The minimum absolute atomic E-state index is 0.0649. The maximum Gasteiger partial charge on any atom is 0.338 e. The van der Waals surface area contributed by atoms with Crippen LogP contribution in [0, 0.1) is 0 Å². The summed E-state index contributed by atoms with van der Waals surface area (Å²) in [6.07, 6.45) is 1.76. The molecule has 6 rings (SSSR count). The summed E-state index contributed by atoms with van der Waals surface area (Å²) < 4.78 is 25.9. The van der Waals surface area contributed by atoms with E-state index in [1.165, 1.54) is 16.7 Å². The Bertz CT molecular complexity index is 2240. The highest BCUT2D eigenvalue weighted by molar-refractivity contribution is 9.10. The second kappa shape index (κ2) is 14.2. The summed E-state index contributed by atoms with van der Waals surface area (Å²) in [5.74, 6) is 1.23. The molecule has 10 heteroatoms. The number of hydrogen-bond acceptors (Lipinski definition) is 8. The third-order valence-electron chi connectivity index (χ3n) is 7.85. The van der Waals surface area contributed by atoms with Crippen LogP contribution in [0.4, 0.5) is 0 Å². The second-order valence-corrected chi connectivity index (χ2v) is 13.4. The van der Waals surface area contributed by atoms with E-state index in [-0.39, 0.29) is 18.3 Å². The van der Waals surface area contributed by atoms with Gasteiger partial charge in [-0.05, 0) is 107 Å². The highest BCUT2D eigenvalue weighted by atomic mass is 79.9. The van der Waals surface area contributed by atoms with E-state index in [1.807, 2.05) is 56.3 Å². The van der Waals surface area contributed by atoms with Crippen LogP contribution in [-0.4, -0.2) is 30.4 Å². The molecule has 0 saturated carbocycles. The molecule has 0 bridgehead atoms. The largest absolute Gasteiger partial charge is 0.493 e. The minimum atomic E-state index is -0.776. The lowest BCUT2D eigenvalue weighted by Crippen LogP contribution is -2.40. The number of esters is 1. The van der Waals surface area contributed by atoms with Gasteiger partial charge in [0, 0.05) is 0 Å². The van der Waals surface area contributed by atoms with Crippen molar-refractivity contribution in [2.75, 3.05) is 13.7 Å². The number of aromatic nitrogens is 1. The van der Waals surface area contributed by atoms with E-state index in [0.717, 1.165) is 21.0 Å². The van der Waals surface area contributed by atoms with Crippen LogP contribution >= 0.6 is 27.3 Å². The Morgan fingerprint density at radius 1 is 1.00 bits per heavy atom.